The second-order valence-electron chi connectivity index (χ2n) is 5.69. The maximum Gasteiger partial charge on any atom is 0.223 e. The lowest BCUT2D eigenvalue weighted by Gasteiger charge is -2.13. The van der Waals surface area contributed by atoms with Crippen LogP contribution in [0.25, 0.3) is 10.8 Å². The van der Waals surface area contributed by atoms with Gasteiger partial charge in [0.25, 0.3) is 0 Å². The SMILES string of the molecule is CC1CC1C(=O)NCC(O)c1ccc2ccccc2c1. The van der Waals surface area contributed by atoms with Crippen LogP contribution in [0.5, 0.6) is 0 Å². The standard InChI is InChI=1S/C17H19NO2/c1-11-8-15(11)17(20)18-10-16(19)14-7-6-12-4-2-3-5-13(12)9-14/h2-7,9,11,15-16,19H,8,10H2,1H3,(H,18,20). The Morgan fingerprint density at radius 1 is 1.30 bits per heavy atom. The Bertz CT molecular complexity index is 638. The topological polar surface area (TPSA) is 49.3 Å². The molecule has 2 aromatic rings. The highest BCUT2D eigenvalue weighted by molar-refractivity contribution is 5.83. The highest BCUT2D eigenvalue weighted by Gasteiger charge is 2.38. The van der Waals surface area contributed by atoms with E-state index in [1.54, 1.807) is 0 Å². The highest BCUT2D eigenvalue weighted by atomic mass is 16.3. The largest absolute Gasteiger partial charge is 0.387 e. The van der Waals surface area contributed by atoms with Crippen LogP contribution in [0.15, 0.2) is 42.5 Å². The van der Waals surface area contributed by atoms with Crippen molar-refractivity contribution in [2.24, 2.45) is 11.8 Å². The van der Waals surface area contributed by atoms with Crippen molar-refractivity contribution < 1.29 is 9.90 Å². The van der Waals surface area contributed by atoms with E-state index in [0.717, 1.165) is 22.8 Å². The third-order valence-corrected chi connectivity index (χ3v) is 4.07. The molecule has 3 heteroatoms. The van der Waals surface area contributed by atoms with Gasteiger partial charge in [0.1, 0.15) is 0 Å². The zero-order valence-electron chi connectivity index (χ0n) is 11.5. The molecule has 20 heavy (non-hydrogen) atoms. The van der Waals surface area contributed by atoms with Crippen molar-refractivity contribution >= 4 is 16.7 Å². The third kappa shape index (κ3) is 2.68. The summed E-state index contributed by atoms with van der Waals surface area (Å²) in [7, 11) is 0. The van der Waals surface area contributed by atoms with Crippen molar-refractivity contribution in [1.82, 2.24) is 5.32 Å². The van der Waals surface area contributed by atoms with Crippen LogP contribution in [0.3, 0.4) is 0 Å². The van der Waals surface area contributed by atoms with Gasteiger partial charge in [-0.3, -0.25) is 4.79 Å². The van der Waals surface area contributed by atoms with E-state index in [4.69, 9.17) is 0 Å². The summed E-state index contributed by atoms with van der Waals surface area (Å²) in [4.78, 5) is 11.7. The number of nitrogens with one attached hydrogen (secondary N) is 1. The molecule has 1 amide bonds. The first-order valence-corrected chi connectivity index (χ1v) is 7.09. The van der Waals surface area contributed by atoms with Crippen molar-refractivity contribution in [3.05, 3.63) is 48.0 Å². The van der Waals surface area contributed by atoms with Gasteiger partial charge < -0.3 is 10.4 Å². The van der Waals surface area contributed by atoms with E-state index in [1.165, 1.54) is 0 Å². The predicted octanol–water partition coefficient (Wildman–Crippen LogP) is 2.65. The molecule has 3 atom stereocenters. The minimum atomic E-state index is -0.655. The molecule has 3 rings (SSSR count). The maximum absolute atomic E-state index is 11.7. The summed E-state index contributed by atoms with van der Waals surface area (Å²) < 4.78 is 0. The molecule has 0 heterocycles. The molecule has 3 nitrogen and oxygen atoms in total. The lowest BCUT2D eigenvalue weighted by molar-refractivity contribution is -0.123. The quantitative estimate of drug-likeness (QED) is 0.896. The molecule has 0 aromatic heterocycles. The number of fused-ring (bicyclic) bond motifs is 1. The van der Waals surface area contributed by atoms with E-state index in [-0.39, 0.29) is 18.4 Å². The van der Waals surface area contributed by atoms with Gasteiger partial charge in [-0.05, 0) is 34.7 Å². The molecule has 2 N–H and O–H groups in total. The number of benzene rings is 2. The molecule has 104 valence electrons. The Balaban J connectivity index is 1.65. The average Bonchev–Trinajstić information content (AvgIpc) is 3.21. The summed E-state index contributed by atoms with van der Waals surface area (Å²) in [6, 6.07) is 13.9. The molecule has 0 saturated heterocycles. The van der Waals surface area contributed by atoms with Crippen LogP contribution in [0.1, 0.15) is 25.0 Å². The van der Waals surface area contributed by atoms with E-state index in [9.17, 15) is 9.90 Å². The molecule has 1 aliphatic rings. The van der Waals surface area contributed by atoms with Gasteiger partial charge in [0, 0.05) is 12.5 Å². The number of carbonyl (C=O) groups excluding carboxylic acids is 1. The highest BCUT2D eigenvalue weighted by Crippen LogP contribution is 2.37. The summed E-state index contributed by atoms with van der Waals surface area (Å²) in [5.41, 5.74) is 0.841. The molecule has 2 aromatic carbocycles. The Morgan fingerprint density at radius 3 is 2.70 bits per heavy atom. The summed E-state index contributed by atoms with van der Waals surface area (Å²) in [5, 5.41) is 15.3. The molecule has 0 spiro atoms. The first-order valence-electron chi connectivity index (χ1n) is 7.09. The predicted molar refractivity (Wildman–Crippen MR) is 79.2 cm³/mol. The summed E-state index contributed by atoms with van der Waals surface area (Å²) in [5.74, 6) is 0.712. The Hall–Kier alpha value is -1.87. The van der Waals surface area contributed by atoms with E-state index in [2.05, 4.69) is 12.2 Å². The summed E-state index contributed by atoms with van der Waals surface area (Å²) in [6.07, 6.45) is 0.315. The van der Waals surface area contributed by atoms with Crippen molar-refractivity contribution in [2.45, 2.75) is 19.4 Å². The zero-order chi connectivity index (χ0) is 14.1. The first kappa shape index (κ1) is 13.1. The van der Waals surface area contributed by atoms with Gasteiger partial charge in [0.2, 0.25) is 5.91 Å². The average molecular weight is 269 g/mol. The van der Waals surface area contributed by atoms with Crippen LogP contribution in [-0.2, 0) is 4.79 Å². The second kappa shape index (κ2) is 5.25. The number of carbonyl (C=O) groups is 1. The molecular formula is C17H19NO2. The number of aliphatic hydroxyl groups is 1. The van der Waals surface area contributed by atoms with E-state index >= 15 is 0 Å². The third-order valence-electron chi connectivity index (χ3n) is 4.07. The van der Waals surface area contributed by atoms with Gasteiger partial charge in [-0.2, -0.15) is 0 Å². The molecule has 1 saturated carbocycles. The normalized spacial score (nSPS) is 22.5. The molecule has 0 radical (unpaired) electrons. The van der Waals surface area contributed by atoms with E-state index in [1.807, 2.05) is 42.5 Å². The minimum Gasteiger partial charge on any atom is -0.387 e. The van der Waals surface area contributed by atoms with Crippen LogP contribution in [0.2, 0.25) is 0 Å². The fraction of sp³-hybridized carbons (Fsp3) is 0.353. The number of rotatable bonds is 4. The number of aliphatic hydroxyl groups excluding tert-OH is 1. The smallest absolute Gasteiger partial charge is 0.223 e. The van der Waals surface area contributed by atoms with Crippen molar-refractivity contribution in [1.29, 1.82) is 0 Å². The Morgan fingerprint density at radius 2 is 2.00 bits per heavy atom. The van der Waals surface area contributed by atoms with Gasteiger partial charge in [0.05, 0.1) is 6.10 Å². The van der Waals surface area contributed by atoms with Crippen molar-refractivity contribution in [2.75, 3.05) is 6.54 Å². The van der Waals surface area contributed by atoms with Crippen LogP contribution >= 0.6 is 0 Å². The van der Waals surface area contributed by atoms with Crippen LogP contribution < -0.4 is 5.32 Å². The van der Waals surface area contributed by atoms with Crippen LogP contribution in [-0.4, -0.2) is 17.6 Å². The van der Waals surface area contributed by atoms with Gasteiger partial charge in [0.15, 0.2) is 0 Å². The zero-order valence-corrected chi connectivity index (χ0v) is 11.5. The maximum atomic E-state index is 11.7. The lowest BCUT2D eigenvalue weighted by atomic mass is 10.0. The first-order chi connectivity index (χ1) is 9.65. The number of hydrogen-bond acceptors (Lipinski definition) is 2. The van der Waals surface area contributed by atoms with E-state index < -0.39 is 6.10 Å². The van der Waals surface area contributed by atoms with Gasteiger partial charge >= 0.3 is 0 Å². The van der Waals surface area contributed by atoms with Crippen LogP contribution in [0, 0.1) is 11.8 Å². The summed E-state index contributed by atoms with van der Waals surface area (Å²) >= 11 is 0. The molecule has 0 bridgehead atoms. The molecule has 1 fully saturated rings. The number of amides is 1. The molecule has 0 aliphatic heterocycles. The molecule has 3 unspecified atom stereocenters. The number of hydrogen-bond donors (Lipinski definition) is 2. The van der Waals surface area contributed by atoms with Gasteiger partial charge in [-0.25, -0.2) is 0 Å². The Labute approximate surface area is 118 Å². The minimum absolute atomic E-state index is 0.0670. The Kier molecular flexibility index (Phi) is 3.45. The van der Waals surface area contributed by atoms with Gasteiger partial charge in [-0.1, -0.05) is 43.3 Å². The second-order valence-corrected chi connectivity index (χ2v) is 5.69. The molecular weight excluding hydrogens is 250 g/mol. The monoisotopic (exact) mass is 269 g/mol. The lowest BCUT2D eigenvalue weighted by Crippen LogP contribution is -2.29. The fourth-order valence-electron chi connectivity index (χ4n) is 2.55. The van der Waals surface area contributed by atoms with Crippen molar-refractivity contribution in [3.8, 4) is 0 Å². The fourth-order valence-corrected chi connectivity index (χ4v) is 2.55. The van der Waals surface area contributed by atoms with Crippen molar-refractivity contribution in [3.63, 3.8) is 0 Å². The van der Waals surface area contributed by atoms with E-state index in [0.29, 0.717) is 5.92 Å². The molecule has 1 aliphatic carbocycles. The summed E-state index contributed by atoms with van der Waals surface area (Å²) in [6.45, 7) is 2.35. The van der Waals surface area contributed by atoms with Gasteiger partial charge in [-0.15, -0.1) is 0 Å². The van der Waals surface area contributed by atoms with Crippen LogP contribution in [0.4, 0.5) is 0 Å².